The molecule has 0 saturated heterocycles. The molecule has 0 aliphatic carbocycles. The summed E-state index contributed by atoms with van der Waals surface area (Å²) in [5.41, 5.74) is -0.330. The van der Waals surface area contributed by atoms with Gasteiger partial charge >= 0.3 is 15.6 Å². The summed E-state index contributed by atoms with van der Waals surface area (Å²) in [6.07, 6.45) is 1.09. The van der Waals surface area contributed by atoms with E-state index in [2.05, 4.69) is 14.2 Å². The summed E-state index contributed by atoms with van der Waals surface area (Å²) in [5.74, 6) is -3.60. The zero-order chi connectivity index (χ0) is 20.7. The predicted octanol–water partition coefficient (Wildman–Crippen LogP) is 1.47. The van der Waals surface area contributed by atoms with Crippen LogP contribution in [0.5, 0.6) is 11.6 Å². The molecule has 150 valence electrons. The van der Waals surface area contributed by atoms with E-state index >= 15 is 0 Å². The minimum absolute atomic E-state index is 0.0441. The minimum atomic E-state index is -6.05. The van der Waals surface area contributed by atoms with Gasteiger partial charge in [0, 0.05) is 11.8 Å². The first-order chi connectivity index (χ1) is 13.0. The largest absolute Gasteiger partial charge is 0.534 e. The van der Waals surface area contributed by atoms with Gasteiger partial charge in [-0.05, 0) is 12.1 Å². The van der Waals surface area contributed by atoms with E-state index in [1.807, 2.05) is 0 Å². The summed E-state index contributed by atoms with van der Waals surface area (Å²) >= 11 is 0. The van der Waals surface area contributed by atoms with Gasteiger partial charge in [-0.15, -0.1) is 0 Å². The van der Waals surface area contributed by atoms with E-state index in [0.29, 0.717) is 12.1 Å². The average Bonchev–Trinajstić information content (AvgIpc) is 2.75. The van der Waals surface area contributed by atoms with Crippen LogP contribution in [0.3, 0.4) is 0 Å². The first-order valence-electron chi connectivity index (χ1n) is 7.36. The highest BCUT2D eigenvalue weighted by Crippen LogP contribution is 2.32. The minimum Gasteiger partial charge on any atom is -0.475 e. The van der Waals surface area contributed by atoms with Crippen LogP contribution in [0.1, 0.15) is 10.4 Å². The molecular formula is C14H10F4N4O5S. The Hall–Kier alpha value is -3.16. The Bertz CT molecular complexity index is 1040. The molecule has 0 unspecified atom stereocenters. The molecule has 0 saturated carbocycles. The molecule has 1 amide bonds. The van der Waals surface area contributed by atoms with E-state index in [4.69, 9.17) is 10.5 Å². The molecule has 0 bridgehead atoms. The Kier molecular flexibility index (Phi) is 4.74. The number of aromatic nitrogens is 2. The standard InChI is InChI=1S/C14H10F4N4O5S/c15-8-5-7(1-2-9(8)27-28(24,25)14(16,17)18)22-3-4-26-12-10(13(22)23)11(19)20-6-21-12/h1-2,5-6H,3-4H2,(H2,19,20,21). The van der Waals surface area contributed by atoms with Gasteiger partial charge in [-0.2, -0.15) is 21.6 Å². The lowest BCUT2D eigenvalue weighted by molar-refractivity contribution is -0.0500. The second-order valence-corrected chi connectivity index (χ2v) is 6.88. The molecule has 0 radical (unpaired) electrons. The topological polar surface area (TPSA) is 125 Å². The Morgan fingerprint density at radius 2 is 1.96 bits per heavy atom. The fraction of sp³-hybridized carbons (Fsp3) is 0.214. The van der Waals surface area contributed by atoms with E-state index in [9.17, 15) is 30.8 Å². The number of carbonyl (C=O) groups excluding carboxylic acids is 1. The van der Waals surface area contributed by atoms with Crippen molar-refractivity contribution in [2.75, 3.05) is 23.8 Å². The van der Waals surface area contributed by atoms with Gasteiger partial charge in [0.15, 0.2) is 11.6 Å². The molecule has 1 aromatic carbocycles. The van der Waals surface area contributed by atoms with Crippen LogP contribution in [0.15, 0.2) is 24.5 Å². The summed E-state index contributed by atoms with van der Waals surface area (Å²) in [6, 6.07) is 2.30. The Balaban J connectivity index is 1.94. The average molecular weight is 422 g/mol. The fourth-order valence-corrected chi connectivity index (χ4v) is 2.77. The molecule has 1 aromatic heterocycles. The monoisotopic (exact) mass is 422 g/mol. The lowest BCUT2D eigenvalue weighted by Gasteiger charge is -2.20. The number of amides is 1. The van der Waals surface area contributed by atoms with Crippen LogP contribution in [0.2, 0.25) is 0 Å². The number of alkyl halides is 3. The van der Waals surface area contributed by atoms with E-state index in [0.717, 1.165) is 17.3 Å². The number of halogens is 4. The number of benzene rings is 1. The maximum atomic E-state index is 14.2. The maximum Gasteiger partial charge on any atom is 0.534 e. The number of nitrogen functional groups attached to an aromatic ring is 1. The highest BCUT2D eigenvalue weighted by atomic mass is 32.2. The molecule has 1 aliphatic heterocycles. The quantitative estimate of drug-likeness (QED) is 0.448. The molecule has 0 fully saturated rings. The number of nitrogens with zero attached hydrogens (tertiary/aromatic N) is 3. The lowest BCUT2D eigenvalue weighted by atomic mass is 10.2. The molecule has 14 heteroatoms. The predicted molar refractivity (Wildman–Crippen MR) is 85.6 cm³/mol. The Morgan fingerprint density at radius 3 is 2.61 bits per heavy atom. The van der Waals surface area contributed by atoms with Gasteiger partial charge < -0.3 is 19.6 Å². The van der Waals surface area contributed by atoms with Crippen LogP contribution in [-0.4, -0.2) is 43.0 Å². The van der Waals surface area contributed by atoms with Gasteiger partial charge in [-0.3, -0.25) is 4.79 Å². The SMILES string of the molecule is Nc1ncnc2c1C(=O)N(c1ccc(OS(=O)(=O)C(F)(F)F)c(F)c1)CCO2. The first kappa shape index (κ1) is 19.6. The van der Waals surface area contributed by atoms with Crippen molar-refractivity contribution in [2.24, 2.45) is 0 Å². The first-order valence-corrected chi connectivity index (χ1v) is 8.77. The summed E-state index contributed by atoms with van der Waals surface area (Å²) in [4.78, 5) is 21.2. The van der Waals surface area contributed by atoms with Crippen LogP contribution in [0, 0.1) is 5.82 Å². The van der Waals surface area contributed by atoms with Crippen molar-refractivity contribution in [3.8, 4) is 11.6 Å². The summed E-state index contributed by atoms with van der Waals surface area (Å²) in [5, 5.41) is 0. The van der Waals surface area contributed by atoms with Gasteiger partial charge in [0.2, 0.25) is 5.88 Å². The molecule has 2 N–H and O–H groups in total. The van der Waals surface area contributed by atoms with Crippen molar-refractivity contribution in [3.63, 3.8) is 0 Å². The number of rotatable bonds is 3. The molecule has 9 nitrogen and oxygen atoms in total. The van der Waals surface area contributed by atoms with Crippen molar-refractivity contribution >= 4 is 27.5 Å². The van der Waals surface area contributed by atoms with E-state index in [1.165, 1.54) is 0 Å². The van der Waals surface area contributed by atoms with Gasteiger partial charge in [-0.1, -0.05) is 0 Å². The van der Waals surface area contributed by atoms with Gasteiger partial charge in [-0.25, -0.2) is 14.4 Å². The molecule has 28 heavy (non-hydrogen) atoms. The summed E-state index contributed by atoms with van der Waals surface area (Å²) < 4.78 is 82.3. The van der Waals surface area contributed by atoms with E-state index < -0.39 is 33.1 Å². The number of anilines is 2. The number of ether oxygens (including phenoxy) is 1. The van der Waals surface area contributed by atoms with Crippen molar-refractivity contribution in [2.45, 2.75) is 5.51 Å². The van der Waals surface area contributed by atoms with Crippen LogP contribution < -0.4 is 19.6 Å². The maximum absolute atomic E-state index is 14.2. The van der Waals surface area contributed by atoms with Crippen molar-refractivity contribution in [1.82, 2.24) is 9.97 Å². The van der Waals surface area contributed by atoms with Crippen LogP contribution >= 0.6 is 0 Å². The van der Waals surface area contributed by atoms with Gasteiger partial charge in [0.1, 0.15) is 24.3 Å². The third-order valence-corrected chi connectivity index (χ3v) is 4.53. The smallest absolute Gasteiger partial charge is 0.475 e. The normalized spacial score (nSPS) is 14.9. The van der Waals surface area contributed by atoms with Crippen LogP contribution in [-0.2, 0) is 10.1 Å². The lowest BCUT2D eigenvalue weighted by Crippen LogP contribution is -2.33. The molecule has 2 heterocycles. The second-order valence-electron chi connectivity index (χ2n) is 5.34. The highest BCUT2D eigenvalue weighted by molar-refractivity contribution is 7.88. The zero-order valence-electron chi connectivity index (χ0n) is 13.6. The van der Waals surface area contributed by atoms with Crippen LogP contribution in [0.25, 0.3) is 0 Å². The van der Waals surface area contributed by atoms with Gasteiger partial charge in [0.25, 0.3) is 5.91 Å². The number of hydrogen-bond acceptors (Lipinski definition) is 8. The molecular weight excluding hydrogens is 412 g/mol. The number of carbonyl (C=O) groups is 1. The Morgan fingerprint density at radius 1 is 1.25 bits per heavy atom. The molecule has 2 aromatic rings. The van der Waals surface area contributed by atoms with Crippen molar-refractivity contribution in [1.29, 1.82) is 0 Å². The number of fused-ring (bicyclic) bond motifs is 1. The highest BCUT2D eigenvalue weighted by Gasteiger charge is 2.49. The molecule has 3 rings (SSSR count). The third-order valence-electron chi connectivity index (χ3n) is 3.56. The van der Waals surface area contributed by atoms with Crippen LogP contribution in [0.4, 0.5) is 29.1 Å². The molecule has 0 atom stereocenters. The molecule has 0 spiro atoms. The second kappa shape index (κ2) is 6.78. The molecule has 1 aliphatic rings. The van der Waals surface area contributed by atoms with Gasteiger partial charge in [0.05, 0.1) is 6.54 Å². The van der Waals surface area contributed by atoms with Crippen molar-refractivity contribution in [3.05, 3.63) is 35.9 Å². The zero-order valence-corrected chi connectivity index (χ0v) is 14.4. The van der Waals surface area contributed by atoms with E-state index in [1.54, 1.807) is 0 Å². The van der Waals surface area contributed by atoms with E-state index in [-0.39, 0.29) is 36.1 Å². The number of hydrogen-bond donors (Lipinski definition) is 1. The third kappa shape index (κ3) is 3.49. The fourth-order valence-electron chi connectivity index (χ4n) is 2.30. The summed E-state index contributed by atoms with van der Waals surface area (Å²) in [6.45, 7) is -0.118. The Labute approximate surface area is 154 Å². The summed E-state index contributed by atoms with van der Waals surface area (Å²) in [7, 11) is -6.05. The van der Waals surface area contributed by atoms with Crippen molar-refractivity contribution < 1.29 is 39.7 Å². The number of nitrogens with two attached hydrogens (primary N) is 1.